The summed E-state index contributed by atoms with van der Waals surface area (Å²) in [6.45, 7) is 5.08. The topological polar surface area (TPSA) is 75.0 Å². The maximum absolute atomic E-state index is 15.0. The Balaban J connectivity index is 0.00000210. The van der Waals surface area contributed by atoms with Gasteiger partial charge in [0.1, 0.15) is 17.9 Å². The predicted octanol–water partition coefficient (Wildman–Crippen LogP) is 1.54. The second-order valence-electron chi connectivity index (χ2n) is 6.97. The zero-order chi connectivity index (χ0) is 18.6. The fourth-order valence-corrected chi connectivity index (χ4v) is 3.69. The maximum Gasteiger partial charge on any atom is 0.341 e. The molecule has 1 aromatic heterocycles. The number of hydrogen-bond acceptors (Lipinski definition) is 5. The van der Waals surface area contributed by atoms with E-state index in [2.05, 4.69) is 4.90 Å². The van der Waals surface area contributed by atoms with Gasteiger partial charge < -0.3 is 24.2 Å². The Morgan fingerprint density at radius 2 is 1.96 bits per heavy atom. The van der Waals surface area contributed by atoms with Crippen LogP contribution in [0.5, 0.6) is 5.75 Å². The van der Waals surface area contributed by atoms with Crippen molar-refractivity contribution in [3.05, 3.63) is 33.9 Å². The second-order valence-corrected chi connectivity index (χ2v) is 6.97. The fourth-order valence-electron chi connectivity index (χ4n) is 3.69. The molecule has 27 heavy (non-hydrogen) atoms. The van der Waals surface area contributed by atoms with Crippen molar-refractivity contribution >= 4 is 22.6 Å². The Morgan fingerprint density at radius 1 is 1.30 bits per heavy atom. The quantitative estimate of drug-likeness (QED) is 0.734. The van der Waals surface area contributed by atoms with Crippen LogP contribution in [0.1, 0.15) is 23.3 Å². The Labute approximate surface area is 168 Å². The summed E-state index contributed by atoms with van der Waals surface area (Å²) in [5, 5.41) is 9.36. The molecule has 0 spiro atoms. The van der Waals surface area contributed by atoms with Crippen LogP contribution < -0.4 is 15.1 Å². The molecule has 2 aliphatic heterocycles. The minimum Gasteiger partial charge on any atom is -0.487 e. The van der Waals surface area contributed by atoms with E-state index < -0.39 is 17.2 Å². The minimum absolute atomic E-state index is 0. The fraction of sp³-hybridized carbons (Fsp3) is 0.444. The van der Waals surface area contributed by atoms with Crippen molar-refractivity contribution in [1.29, 1.82) is 0 Å². The Kier molecular flexibility index (Phi) is 5.29. The third-order valence-corrected chi connectivity index (χ3v) is 5.19. The number of carbonyl (C=O) groups is 1. The number of rotatable bonds is 2. The zero-order valence-electron chi connectivity index (χ0n) is 15.0. The first-order valence-corrected chi connectivity index (χ1v) is 8.59. The summed E-state index contributed by atoms with van der Waals surface area (Å²) in [5.41, 5.74) is -0.224. The number of ether oxygens (including phenoxy) is 1. The van der Waals surface area contributed by atoms with E-state index in [1.165, 1.54) is 6.20 Å². The molecule has 0 saturated carbocycles. The number of halogens is 1. The number of pyridine rings is 1. The van der Waals surface area contributed by atoms with E-state index in [4.69, 9.17) is 4.74 Å². The molecule has 1 fully saturated rings. The number of carboxylic acid groups (broad SMARTS) is 1. The maximum atomic E-state index is 15.0. The third kappa shape index (κ3) is 3.13. The van der Waals surface area contributed by atoms with E-state index in [9.17, 15) is 19.1 Å². The summed E-state index contributed by atoms with van der Waals surface area (Å²) in [5.74, 6) is -1.54. The van der Waals surface area contributed by atoms with Gasteiger partial charge in [-0.05, 0) is 20.0 Å². The van der Waals surface area contributed by atoms with Crippen LogP contribution in [0, 0.1) is 5.82 Å². The van der Waals surface area contributed by atoms with Crippen molar-refractivity contribution < 1.29 is 39.1 Å². The summed E-state index contributed by atoms with van der Waals surface area (Å²) in [6, 6.07) is 0.994. The molecule has 1 saturated heterocycles. The van der Waals surface area contributed by atoms with E-state index in [1.807, 2.05) is 18.9 Å². The Morgan fingerprint density at radius 3 is 2.59 bits per heavy atom. The van der Waals surface area contributed by atoms with Crippen LogP contribution in [0.3, 0.4) is 0 Å². The molecule has 0 amide bonds. The molecular formula is C18H20FN3O4Tc. The Hall–Kier alpha value is -1.96. The summed E-state index contributed by atoms with van der Waals surface area (Å²) >= 11 is 0. The molecule has 145 valence electrons. The standard InChI is InChI=1S/C18H20FN3O4.Tc/c1-10-9-26-17-14-11(16(23)12(18(24)25)8-22(10)14)7-13(19)15(17)21-5-3-20(2)4-6-21;/h7-8,10H,3-6,9H2,1-2H3,(H,24,25);/i;1+1. The summed E-state index contributed by atoms with van der Waals surface area (Å²) in [4.78, 5) is 28.1. The van der Waals surface area contributed by atoms with Gasteiger partial charge in [0.15, 0.2) is 11.6 Å². The first-order valence-electron chi connectivity index (χ1n) is 8.59. The van der Waals surface area contributed by atoms with Gasteiger partial charge >= 0.3 is 5.97 Å². The molecule has 1 aromatic carbocycles. The molecule has 1 N–H and O–H groups in total. The van der Waals surface area contributed by atoms with Crippen LogP contribution in [-0.4, -0.2) is 60.4 Å². The first-order chi connectivity index (χ1) is 12.4. The predicted molar refractivity (Wildman–Crippen MR) is 95.0 cm³/mol. The normalized spacial score (nSPS) is 19.5. The number of anilines is 1. The molecule has 0 aliphatic carbocycles. The SMILES string of the molecule is CC1COc2c(N3CCN(C)CC3)c(F)cc3c(=O)c(C(=O)O)cn1c23.[99Tc]. The molecule has 2 aromatic rings. The molecule has 7 nitrogen and oxygen atoms in total. The van der Waals surface area contributed by atoms with E-state index in [1.54, 1.807) is 4.57 Å². The van der Waals surface area contributed by atoms with Crippen LogP contribution in [-0.2, 0) is 20.1 Å². The smallest absolute Gasteiger partial charge is 0.341 e. The van der Waals surface area contributed by atoms with Gasteiger partial charge in [0.25, 0.3) is 0 Å². The van der Waals surface area contributed by atoms with Gasteiger partial charge in [-0.1, -0.05) is 0 Å². The van der Waals surface area contributed by atoms with Gasteiger partial charge in [-0.3, -0.25) is 4.79 Å². The number of likely N-dealkylation sites (N-methyl/N-ethyl adjacent to an activating group) is 1. The van der Waals surface area contributed by atoms with Crippen molar-refractivity contribution in [2.45, 2.75) is 13.0 Å². The largest absolute Gasteiger partial charge is 0.487 e. The summed E-state index contributed by atoms with van der Waals surface area (Å²) in [7, 11) is 2.02. The molecule has 9 heteroatoms. The van der Waals surface area contributed by atoms with E-state index in [-0.39, 0.29) is 43.7 Å². The molecule has 4 rings (SSSR count). The number of benzene rings is 1. The van der Waals surface area contributed by atoms with Crippen LogP contribution in [0.2, 0.25) is 0 Å². The number of piperazine rings is 1. The molecule has 0 bridgehead atoms. The van der Waals surface area contributed by atoms with Crippen LogP contribution >= 0.6 is 0 Å². The number of nitrogens with zero attached hydrogens (tertiary/aromatic N) is 3. The minimum atomic E-state index is -1.32. The molecule has 3 heterocycles. The van der Waals surface area contributed by atoms with Crippen molar-refractivity contribution in [2.24, 2.45) is 0 Å². The average molecular weight is 460 g/mol. The molecule has 1 unspecified atom stereocenters. The summed E-state index contributed by atoms with van der Waals surface area (Å²) in [6.07, 6.45) is 1.34. The number of carboxylic acids is 1. The zero-order valence-corrected chi connectivity index (χ0v) is 16.9. The van der Waals surface area contributed by atoms with Gasteiger partial charge in [-0.15, -0.1) is 0 Å². The van der Waals surface area contributed by atoms with E-state index in [0.717, 1.165) is 19.2 Å². The van der Waals surface area contributed by atoms with Gasteiger partial charge in [0.05, 0.1) is 16.9 Å². The molecular weight excluding hydrogens is 440 g/mol. The molecule has 1 atom stereocenters. The first kappa shape index (κ1) is 19.8. The van der Waals surface area contributed by atoms with E-state index in [0.29, 0.717) is 30.0 Å². The third-order valence-electron chi connectivity index (χ3n) is 5.19. The van der Waals surface area contributed by atoms with Crippen LogP contribution in [0.4, 0.5) is 10.1 Å². The van der Waals surface area contributed by atoms with Gasteiger partial charge in [-0.25, -0.2) is 9.18 Å². The van der Waals surface area contributed by atoms with Crippen molar-refractivity contribution in [1.82, 2.24) is 9.47 Å². The molecule has 2 aliphatic rings. The number of aromatic nitrogens is 1. The number of hydrogen-bond donors (Lipinski definition) is 1. The van der Waals surface area contributed by atoms with Gasteiger partial charge in [-0.2, -0.15) is 0 Å². The average Bonchev–Trinajstić information content (AvgIpc) is 2.60. The van der Waals surface area contributed by atoms with E-state index >= 15 is 0 Å². The number of aromatic carboxylic acids is 1. The van der Waals surface area contributed by atoms with Crippen LogP contribution in [0.25, 0.3) is 10.9 Å². The van der Waals surface area contributed by atoms with Crippen molar-refractivity contribution in [3.8, 4) is 5.75 Å². The van der Waals surface area contributed by atoms with Gasteiger partial charge in [0, 0.05) is 52.5 Å². The monoisotopic (exact) mass is 460 g/mol. The van der Waals surface area contributed by atoms with Gasteiger partial charge in [0.2, 0.25) is 5.43 Å². The van der Waals surface area contributed by atoms with Crippen LogP contribution in [0.15, 0.2) is 17.1 Å². The Bertz CT molecular complexity index is 969. The van der Waals surface area contributed by atoms with Crippen molar-refractivity contribution in [3.63, 3.8) is 0 Å². The van der Waals surface area contributed by atoms with Crippen molar-refractivity contribution in [2.75, 3.05) is 44.7 Å². The second kappa shape index (κ2) is 7.22. The molecule has 1 radical (unpaired) electrons. The summed E-state index contributed by atoms with van der Waals surface area (Å²) < 4.78 is 22.6.